The van der Waals surface area contributed by atoms with Gasteiger partial charge in [0, 0.05) is 31.3 Å². The molecule has 1 aromatic carbocycles. The molecule has 3 atom stereocenters. The van der Waals surface area contributed by atoms with E-state index in [-0.39, 0.29) is 18.3 Å². The Morgan fingerprint density at radius 3 is 1.72 bits per heavy atom. The maximum Gasteiger partial charge on any atom is 0.286 e. The molecule has 2 rings (SSSR count). The standard InChI is InChI=1S/C28H43F5O3/c1-5-9-10-11-12-13-17-21(28(34-6-2,35-7-3)36-8-4)19-15-14-16-20(18-19)22-23(29)25(31)27(33)26(32)24(22)30/h19-21H,5-18H2,1-4H3. The van der Waals surface area contributed by atoms with Crippen LogP contribution >= 0.6 is 0 Å². The van der Waals surface area contributed by atoms with Crippen molar-refractivity contribution in [1.29, 1.82) is 0 Å². The van der Waals surface area contributed by atoms with E-state index in [9.17, 15) is 22.0 Å². The van der Waals surface area contributed by atoms with Gasteiger partial charge in [-0.25, -0.2) is 22.0 Å². The van der Waals surface area contributed by atoms with Crippen molar-refractivity contribution in [2.45, 2.75) is 110 Å². The van der Waals surface area contributed by atoms with Gasteiger partial charge in [0.1, 0.15) is 0 Å². The lowest BCUT2D eigenvalue weighted by molar-refractivity contribution is -0.409. The molecule has 8 heteroatoms. The summed E-state index contributed by atoms with van der Waals surface area (Å²) < 4.78 is 89.2. The molecular formula is C28H43F5O3. The predicted molar refractivity (Wildman–Crippen MR) is 130 cm³/mol. The van der Waals surface area contributed by atoms with E-state index in [1.165, 1.54) is 12.8 Å². The Hall–Kier alpha value is -1.25. The van der Waals surface area contributed by atoms with Crippen molar-refractivity contribution in [1.82, 2.24) is 0 Å². The Morgan fingerprint density at radius 1 is 0.694 bits per heavy atom. The zero-order chi connectivity index (χ0) is 26.7. The van der Waals surface area contributed by atoms with Crippen molar-refractivity contribution in [3.05, 3.63) is 34.6 Å². The Balaban J connectivity index is 2.37. The Kier molecular flexibility index (Phi) is 13.1. The lowest BCUT2D eigenvalue weighted by Crippen LogP contribution is -2.50. The van der Waals surface area contributed by atoms with Crippen molar-refractivity contribution in [3.63, 3.8) is 0 Å². The second kappa shape index (κ2) is 15.2. The van der Waals surface area contributed by atoms with Crippen molar-refractivity contribution in [2.75, 3.05) is 19.8 Å². The molecule has 0 N–H and O–H groups in total. The van der Waals surface area contributed by atoms with Gasteiger partial charge in [0.05, 0.1) is 0 Å². The fourth-order valence-electron chi connectivity index (χ4n) is 5.73. The molecule has 1 aromatic rings. The molecular weight excluding hydrogens is 479 g/mol. The first-order valence-corrected chi connectivity index (χ1v) is 13.7. The highest BCUT2D eigenvalue weighted by molar-refractivity contribution is 5.28. The van der Waals surface area contributed by atoms with Gasteiger partial charge in [-0.05, 0) is 58.3 Å². The normalized spacial score (nSPS) is 19.6. The van der Waals surface area contributed by atoms with Gasteiger partial charge in [-0.1, -0.05) is 51.9 Å². The molecule has 0 radical (unpaired) electrons. The van der Waals surface area contributed by atoms with Gasteiger partial charge in [0.2, 0.25) is 5.82 Å². The Morgan fingerprint density at radius 2 is 1.19 bits per heavy atom. The summed E-state index contributed by atoms with van der Waals surface area (Å²) in [5.41, 5.74) is -0.704. The second-order valence-electron chi connectivity index (χ2n) is 9.67. The first kappa shape index (κ1) is 31.0. The zero-order valence-corrected chi connectivity index (χ0v) is 22.2. The van der Waals surface area contributed by atoms with Crippen LogP contribution < -0.4 is 0 Å². The molecule has 3 unspecified atom stereocenters. The SMILES string of the molecule is CCCCCCCCC(C1CCCC(c2c(F)c(F)c(F)c(F)c2F)C1)C(OCC)(OCC)OCC. The van der Waals surface area contributed by atoms with Crippen LogP contribution in [0.4, 0.5) is 22.0 Å². The van der Waals surface area contributed by atoms with Crippen LogP contribution in [0.3, 0.4) is 0 Å². The summed E-state index contributed by atoms with van der Waals surface area (Å²) in [5, 5.41) is 0. The minimum Gasteiger partial charge on any atom is -0.328 e. The molecule has 0 saturated heterocycles. The minimum absolute atomic E-state index is 0.126. The van der Waals surface area contributed by atoms with E-state index in [1.54, 1.807) is 0 Å². The van der Waals surface area contributed by atoms with Crippen LogP contribution in [0.15, 0.2) is 0 Å². The van der Waals surface area contributed by atoms with Crippen LogP contribution in [0.2, 0.25) is 0 Å². The third-order valence-electron chi connectivity index (χ3n) is 7.30. The topological polar surface area (TPSA) is 27.7 Å². The third kappa shape index (κ3) is 7.41. The summed E-state index contributed by atoms with van der Waals surface area (Å²) in [5.74, 6) is -11.8. The first-order valence-electron chi connectivity index (χ1n) is 13.7. The Bertz CT molecular complexity index is 758. The molecule has 1 fully saturated rings. The minimum atomic E-state index is -2.12. The van der Waals surface area contributed by atoms with Gasteiger partial charge in [0.25, 0.3) is 5.97 Å². The highest BCUT2D eigenvalue weighted by Gasteiger charge is 2.47. The van der Waals surface area contributed by atoms with Crippen LogP contribution in [0.5, 0.6) is 0 Å². The monoisotopic (exact) mass is 522 g/mol. The van der Waals surface area contributed by atoms with E-state index in [0.717, 1.165) is 38.5 Å². The largest absolute Gasteiger partial charge is 0.328 e. The summed E-state index contributed by atoms with van der Waals surface area (Å²) in [7, 11) is 0. The molecule has 0 aromatic heterocycles. The number of hydrogen-bond acceptors (Lipinski definition) is 3. The first-order chi connectivity index (χ1) is 17.3. The van der Waals surface area contributed by atoms with Gasteiger partial charge < -0.3 is 14.2 Å². The summed E-state index contributed by atoms with van der Waals surface area (Å²) in [6, 6.07) is 0. The second-order valence-corrected chi connectivity index (χ2v) is 9.67. The molecule has 0 amide bonds. The fourth-order valence-corrected chi connectivity index (χ4v) is 5.73. The summed E-state index contributed by atoms with van der Waals surface area (Å²) >= 11 is 0. The lowest BCUT2D eigenvalue weighted by atomic mass is 9.70. The maximum absolute atomic E-state index is 14.7. The molecule has 0 spiro atoms. The smallest absolute Gasteiger partial charge is 0.286 e. The number of ether oxygens (including phenoxy) is 3. The van der Waals surface area contributed by atoms with Crippen LogP contribution in [-0.4, -0.2) is 25.8 Å². The molecule has 0 bridgehead atoms. The maximum atomic E-state index is 14.7. The van der Waals surface area contributed by atoms with E-state index in [1.807, 2.05) is 20.8 Å². The number of halogens is 5. The summed E-state index contributed by atoms with van der Waals surface area (Å²) in [6.07, 6.45) is 9.26. The molecule has 36 heavy (non-hydrogen) atoms. The molecule has 3 nitrogen and oxygen atoms in total. The van der Waals surface area contributed by atoms with Crippen LogP contribution in [0.25, 0.3) is 0 Å². The van der Waals surface area contributed by atoms with E-state index in [4.69, 9.17) is 14.2 Å². The molecule has 1 saturated carbocycles. The molecule has 0 aliphatic heterocycles. The van der Waals surface area contributed by atoms with E-state index in [0.29, 0.717) is 32.7 Å². The lowest BCUT2D eigenvalue weighted by Gasteiger charge is -2.45. The highest BCUT2D eigenvalue weighted by Crippen LogP contribution is 2.47. The Labute approximate surface area is 213 Å². The summed E-state index contributed by atoms with van der Waals surface area (Å²) in [4.78, 5) is 0. The van der Waals surface area contributed by atoms with Crippen LogP contribution in [-0.2, 0) is 14.2 Å². The average Bonchev–Trinajstić information content (AvgIpc) is 2.86. The third-order valence-corrected chi connectivity index (χ3v) is 7.30. The fraction of sp³-hybridized carbons (Fsp3) is 0.786. The number of unbranched alkanes of at least 4 members (excludes halogenated alkanes) is 5. The average molecular weight is 523 g/mol. The van der Waals surface area contributed by atoms with E-state index >= 15 is 0 Å². The quantitative estimate of drug-likeness (QED) is 0.0714. The van der Waals surface area contributed by atoms with Crippen molar-refractivity contribution < 1.29 is 36.2 Å². The molecule has 1 aliphatic rings. The zero-order valence-electron chi connectivity index (χ0n) is 22.2. The van der Waals surface area contributed by atoms with E-state index < -0.39 is 46.5 Å². The molecule has 0 heterocycles. The van der Waals surface area contributed by atoms with Crippen LogP contribution in [0.1, 0.15) is 110 Å². The number of hydrogen-bond donors (Lipinski definition) is 0. The van der Waals surface area contributed by atoms with E-state index in [2.05, 4.69) is 6.92 Å². The highest BCUT2D eigenvalue weighted by atomic mass is 19.2. The van der Waals surface area contributed by atoms with Gasteiger partial charge in [0.15, 0.2) is 23.3 Å². The van der Waals surface area contributed by atoms with Crippen molar-refractivity contribution in [2.24, 2.45) is 11.8 Å². The number of rotatable bonds is 16. The number of benzene rings is 1. The van der Waals surface area contributed by atoms with Crippen molar-refractivity contribution in [3.8, 4) is 0 Å². The summed E-state index contributed by atoms with van der Waals surface area (Å²) in [6.45, 7) is 8.77. The molecule has 1 aliphatic carbocycles. The van der Waals surface area contributed by atoms with Gasteiger partial charge in [-0.3, -0.25) is 0 Å². The molecule has 208 valence electrons. The predicted octanol–water partition coefficient (Wildman–Crippen LogP) is 8.79. The van der Waals surface area contributed by atoms with Crippen LogP contribution in [0, 0.1) is 40.9 Å². The van der Waals surface area contributed by atoms with Gasteiger partial charge in [-0.2, -0.15) is 0 Å². The van der Waals surface area contributed by atoms with Crippen molar-refractivity contribution >= 4 is 0 Å². The van der Waals surface area contributed by atoms with Gasteiger partial charge in [-0.15, -0.1) is 0 Å². The van der Waals surface area contributed by atoms with Gasteiger partial charge >= 0.3 is 0 Å².